The Bertz CT molecular complexity index is 2730. The van der Waals surface area contributed by atoms with Gasteiger partial charge in [-0.1, -0.05) is 0 Å². The van der Waals surface area contributed by atoms with E-state index < -0.39 is 21.5 Å². The summed E-state index contributed by atoms with van der Waals surface area (Å²) in [6, 6.07) is 57.1. The second-order valence-electron chi connectivity index (χ2n) is 19.2. The van der Waals surface area contributed by atoms with Crippen molar-refractivity contribution in [2.24, 2.45) is 0 Å². The van der Waals surface area contributed by atoms with Gasteiger partial charge in [-0.05, 0) is 0 Å². The van der Waals surface area contributed by atoms with E-state index in [9.17, 15) is 17.0 Å². The van der Waals surface area contributed by atoms with E-state index in [2.05, 4.69) is 206 Å². The van der Waals surface area contributed by atoms with Gasteiger partial charge in [0.25, 0.3) is 0 Å². The average Bonchev–Trinajstić information content (AvgIpc) is 3.79. The van der Waals surface area contributed by atoms with E-state index in [0.717, 1.165) is 19.3 Å². The Hall–Kier alpha value is -3.78. The summed E-state index contributed by atoms with van der Waals surface area (Å²) < 4.78 is 1.18. The predicted octanol–water partition coefficient (Wildman–Crippen LogP) is 13.8. The third-order valence-corrected chi connectivity index (χ3v) is 53.7. The second kappa shape index (κ2) is 15.0. The number of fused-ring (bicyclic) bond motifs is 5. The van der Waals surface area contributed by atoms with E-state index in [-0.39, 0.29) is 14.5 Å². The van der Waals surface area contributed by atoms with E-state index in [4.69, 9.17) is 0 Å². The van der Waals surface area contributed by atoms with Crippen LogP contribution in [0.2, 0.25) is 0 Å². The zero-order valence-electron chi connectivity index (χ0n) is 35.5. The minimum absolute atomic E-state index is 0.0270. The molecule has 1 atom stereocenters. The van der Waals surface area contributed by atoms with Crippen molar-refractivity contribution in [3.63, 3.8) is 0 Å². The molecule has 4 heteroatoms. The predicted molar refractivity (Wildman–Crippen MR) is 258 cm³/mol. The first-order chi connectivity index (χ1) is 28.2. The fraction of sp³-hybridized carbons (Fsp3) is 0.236. The van der Waals surface area contributed by atoms with Crippen LogP contribution < -0.4 is 13.6 Å². The van der Waals surface area contributed by atoms with Crippen molar-refractivity contribution in [2.75, 3.05) is 0 Å². The van der Waals surface area contributed by atoms with Gasteiger partial charge in [0.15, 0.2) is 0 Å². The zero-order chi connectivity index (χ0) is 41.3. The van der Waals surface area contributed by atoms with Crippen LogP contribution in [0.25, 0.3) is 39.1 Å². The van der Waals surface area contributed by atoms with Crippen LogP contribution in [-0.2, 0) is 32.8 Å². The first-order valence-corrected chi connectivity index (χ1v) is 36.5. The van der Waals surface area contributed by atoms with Crippen molar-refractivity contribution in [3.05, 3.63) is 191 Å². The average molecular weight is 906 g/mol. The molecular weight excluding hydrogens is 851 g/mol. The van der Waals surface area contributed by atoms with Gasteiger partial charge in [0.2, 0.25) is 0 Å². The van der Waals surface area contributed by atoms with Crippen molar-refractivity contribution < 1.29 is 15.6 Å². The van der Waals surface area contributed by atoms with Crippen LogP contribution >= 0.6 is 17.0 Å². The standard InChI is InChI=1S/C22H19.C21H25.C12H11Si.2ClH.Zr/c1-2-7-16-14-18-10-6-13-21(22(18)15-16)20-12-5-9-17-8-3-4-11-19(17)20;1-20(2,3)16-9-7-14-11-15-8-10-17(21(4,5)6)13-19(15)18(14)12-16;1-3-7-11(8-4-1)13-12-9-5-2-6-10-12;;;/h3-6,8-15H,2,7H2,1H3;7,9-10,12-13H,11H2,1-6H3;1-10,13H;2*1H;/q;;;;;+2/p-2. The van der Waals surface area contributed by atoms with E-state index in [1.807, 2.05) is 0 Å². The fourth-order valence-electron chi connectivity index (χ4n) is 10.5. The number of rotatable bonds is 8. The summed E-state index contributed by atoms with van der Waals surface area (Å²) in [6.45, 7) is 16.3. The molecule has 7 aromatic carbocycles. The summed E-state index contributed by atoms with van der Waals surface area (Å²) in [5.41, 5.74) is 14.5. The summed E-state index contributed by atoms with van der Waals surface area (Å²) in [5.74, 6) is -2.47. The van der Waals surface area contributed by atoms with E-state index in [1.165, 1.54) is 85.6 Å². The molecule has 0 bridgehead atoms. The zero-order valence-corrected chi connectivity index (χ0v) is 40.7. The molecule has 0 aromatic heterocycles. The molecule has 0 nitrogen and oxygen atoms in total. The van der Waals surface area contributed by atoms with E-state index in [1.54, 1.807) is 0 Å². The quantitative estimate of drug-likeness (QED) is 0.133. The molecule has 59 heavy (non-hydrogen) atoms. The molecule has 0 aliphatic heterocycles. The van der Waals surface area contributed by atoms with Crippen molar-refractivity contribution in [1.82, 2.24) is 0 Å². The Labute approximate surface area is 361 Å². The van der Waals surface area contributed by atoms with Gasteiger partial charge < -0.3 is 0 Å². The maximum absolute atomic E-state index is 9.46. The molecule has 0 amide bonds. The molecule has 0 saturated heterocycles. The monoisotopic (exact) mass is 903 g/mol. The molecule has 0 spiro atoms. The van der Waals surface area contributed by atoms with Crippen LogP contribution in [0.15, 0.2) is 157 Å². The third-order valence-electron chi connectivity index (χ3n) is 13.4. The number of hydrogen-bond acceptors (Lipinski definition) is 0. The van der Waals surface area contributed by atoms with Crippen molar-refractivity contribution in [2.45, 2.75) is 82.2 Å². The van der Waals surface area contributed by atoms with Crippen LogP contribution in [0.1, 0.15) is 98.3 Å². The molecule has 297 valence electrons. The van der Waals surface area contributed by atoms with Gasteiger partial charge in [-0.3, -0.25) is 0 Å². The Morgan fingerprint density at radius 3 is 1.85 bits per heavy atom. The molecule has 2 aliphatic rings. The van der Waals surface area contributed by atoms with Crippen LogP contribution in [-0.4, -0.2) is 5.92 Å². The molecule has 9 rings (SSSR count). The Morgan fingerprint density at radius 1 is 0.593 bits per heavy atom. The SMILES string of the molecule is CCCC1=Cc2c(-c3cccc4ccccc34)cccc2[CH]1[Zr]([Cl])([Cl])([c]1cc(C(C)(C)C)cc2c1Cc1ccc(C(C)(C)C)cc1-2)[SiH](c1ccccc1)c1ccccc1. The topological polar surface area (TPSA) is 0 Å². The number of benzene rings is 7. The first-order valence-electron chi connectivity index (χ1n) is 21.5. The molecule has 0 fully saturated rings. The van der Waals surface area contributed by atoms with Crippen molar-refractivity contribution >= 4 is 53.4 Å². The Balaban J connectivity index is 1.42. The molecule has 0 heterocycles. The van der Waals surface area contributed by atoms with E-state index in [0.29, 0.717) is 0 Å². The molecule has 2 aliphatic carbocycles. The summed E-state index contributed by atoms with van der Waals surface area (Å²) in [7, 11) is 18.9. The molecule has 1 unspecified atom stereocenters. The van der Waals surface area contributed by atoms with Gasteiger partial charge in [-0.25, -0.2) is 0 Å². The van der Waals surface area contributed by atoms with Crippen LogP contribution in [0.5, 0.6) is 0 Å². The minimum atomic E-state index is -5.67. The number of hydrogen-bond donors (Lipinski definition) is 0. The van der Waals surface area contributed by atoms with Gasteiger partial charge in [0.1, 0.15) is 0 Å². The van der Waals surface area contributed by atoms with Gasteiger partial charge in [0.05, 0.1) is 0 Å². The van der Waals surface area contributed by atoms with Gasteiger partial charge in [-0.15, -0.1) is 0 Å². The molecular formula is C55H55Cl2SiZr. The fourth-order valence-corrected chi connectivity index (χ4v) is 56.4. The second-order valence-corrected chi connectivity index (χ2v) is 56.3. The molecule has 0 saturated carbocycles. The number of allylic oxidation sites excluding steroid dienone is 1. The maximum atomic E-state index is 9.46. The Morgan fingerprint density at radius 2 is 1.19 bits per heavy atom. The van der Waals surface area contributed by atoms with Crippen molar-refractivity contribution in [1.29, 1.82) is 0 Å². The van der Waals surface area contributed by atoms with Gasteiger partial charge in [0, 0.05) is 0 Å². The molecule has 0 radical (unpaired) electrons. The Kier molecular flexibility index (Phi) is 10.3. The van der Waals surface area contributed by atoms with Crippen molar-refractivity contribution in [3.8, 4) is 22.3 Å². The van der Waals surface area contributed by atoms with Crippen LogP contribution in [0, 0.1) is 0 Å². The van der Waals surface area contributed by atoms with Gasteiger partial charge >= 0.3 is 364 Å². The van der Waals surface area contributed by atoms with Gasteiger partial charge in [-0.2, -0.15) is 0 Å². The number of halogens is 2. The van der Waals surface area contributed by atoms with Crippen LogP contribution in [0.3, 0.4) is 0 Å². The van der Waals surface area contributed by atoms with Crippen LogP contribution in [0.4, 0.5) is 0 Å². The first kappa shape index (κ1) is 40.6. The summed E-state index contributed by atoms with van der Waals surface area (Å²) >= 11 is -5.67. The summed E-state index contributed by atoms with van der Waals surface area (Å²) in [4.78, 5) is 0. The summed E-state index contributed by atoms with van der Waals surface area (Å²) in [6.07, 6.45) is 5.32. The van der Waals surface area contributed by atoms with E-state index >= 15 is 0 Å². The molecule has 0 N–H and O–H groups in total. The molecule has 7 aromatic rings. The summed E-state index contributed by atoms with van der Waals surface area (Å²) in [5, 5.41) is 5.16. The third kappa shape index (κ3) is 6.82. The normalized spacial score (nSPS) is 15.7.